The quantitative estimate of drug-likeness (QED) is 0.402. The molecule has 8 heteroatoms. The van der Waals surface area contributed by atoms with E-state index >= 15 is 0 Å². The van der Waals surface area contributed by atoms with Crippen LogP contribution in [0.15, 0.2) is 23.3 Å². The van der Waals surface area contributed by atoms with E-state index in [0.29, 0.717) is 28.9 Å². The smallest absolute Gasteiger partial charge is 0.266 e. The highest BCUT2D eigenvalue weighted by molar-refractivity contribution is 6.76. The summed E-state index contributed by atoms with van der Waals surface area (Å²) in [6, 6.07) is 3.99. The van der Waals surface area contributed by atoms with Crippen molar-refractivity contribution in [3.8, 4) is 0 Å². The topological polar surface area (TPSA) is 39.4 Å². The molecule has 1 fully saturated rings. The maximum Gasteiger partial charge on any atom is 0.266 e. The Balaban J connectivity index is 2.11. The molecule has 1 aromatic heterocycles. The molecule has 118 valence electrons. The van der Waals surface area contributed by atoms with Crippen molar-refractivity contribution in [3.05, 3.63) is 23.4 Å². The Morgan fingerprint density at radius 3 is 2.73 bits per heavy atom. The van der Waals surface area contributed by atoms with Gasteiger partial charge < -0.3 is 4.74 Å². The van der Waals surface area contributed by atoms with Gasteiger partial charge in [0.15, 0.2) is 0 Å². The largest absolute Gasteiger partial charge is 0.478 e. The first-order valence-electron chi connectivity index (χ1n) is 6.85. The SMILES string of the molecule is CCOC(=Nc1cc(Cl)cc2cn(C3CC3)nc12)C(Cl)(Cl)Cl. The lowest BCUT2D eigenvalue weighted by Gasteiger charge is -2.14. The fraction of sp³-hybridized carbons (Fsp3) is 0.429. The summed E-state index contributed by atoms with van der Waals surface area (Å²) in [7, 11) is 0. The van der Waals surface area contributed by atoms with Crippen molar-refractivity contribution in [2.75, 3.05) is 6.61 Å². The van der Waals surface area contributed by atoms with Gasteiger partial charge in [-0.3, -0.25) is 4.68 Å². The predicted molar refractivity (Wildman–Crippen MR) is 92.0 cm³/mol. The summed E-state index contributed by atoms with van der Waals surface area (Å²) in [6.07, 6.45) is 4.24. The van der Waals surface area contributed by atoms with Gasteiger partial charge in [0.1, 0.15) is 5.52 Å². The van der Waals surface area contributed by atoms with Crippen molar-refractivity contribution >= 4 is 68.9 Å². The lowest BCUT2D eigenvalue weighted by atomic mass is 10.2. The van der Waals surface area contributed by atoms with Gasteiger partial charge in [0.25, 0.3) is 3.79 Å². The summed E-state index contributed by atoms with van der Waals surface area (Å²) in [5.74, 6) is 0.00420. The highest BCUT2D eigenvalue weighted by Gasteiger charge is 2.31. The summed E-state index contributed by atoms with van der Waals surface area (Å²) in [6.45, 7) is 2.13. The van der Waals surface area contributed by atoms with E-state index in [1.165, 1.54) is 0 Å². The molecule has 0 saturated heterocycles. The van der Waals surface area contributed by atoms with E-state index in [0.717, 1.165) is 18.2 Å². The first kappa shape index (κ1) is 16.2. The highest BCUT2D eigenvalue weighted by Crippen LogP contribution is 2.38. The molecule has 0 amide bonds. The minimum atomic E-state index is -1.75. The fourth-order valence-electron chi connectivity index (χ4n) is 2.13. The number of fused-ring (bicyclic) bond motifs is 1. The van der Waals surface area contributed by atoms with Crippen LogP contribution in [0.5, 0.6) is 0 Å². The highest BCUT2D eigenvalue weighted by atomic mass is 35.6. The van der Waals surface area contributed by atoms with E-state index in [-0.39, 0.29) is 5.90 Å². The number of ether oxygens (including phenoxy) is 1. The third-order valence-corrected chi connectivity index (χ3v) is 3.94. The second-order valence-electron chi connectivity index (χ2n) is 5.05. The molecule has 0 bridgehead atoms. The fourth-order valence-corrected chi connectivity index (χ4v) is 2.65. The number of hydrogen-bond donors (Lipinski definition) is 0. The lowest BCUT2D eigenvalue weighted by molar-refractivity contribution is 0.321. The molecule has 0 aliphatic heterocycles. The number of nitrogens with zero attached hydrogens (tertiary/aromatic N) is 3. The molecule has 3 rings (SSSR count). The molecule has 22 heavy (non-hydrogen) atoms. The zero-order valence-electron chi connectivity index (χ0n) is 11.7. The number of rotatable bonds is 3. The second kappa shape index (κ2) is 6.08. The number of aromatic nitrogens is 2. The van der Waals surface area contributed by atoms with Gasteiger partial charge in [-0.05, 0) is 31.9 Å². The van der Waals surface area contributed by atoms with E-state index in [4.69, 9.17) is 51.1 Å². The average Bonchev–Trinajstić information content (AvgIpc) is 3.17. The third kappa shape index (κ3) is 3.46. The van der Waals surface area contributed by atoms with Crippen LogP contribution in [0.4, 0.5) is 5.69 Å². The van der Waals surface area contributed by atoms with Crippen molar-refractivity contribution in [1.29, 1.82) is 0 Å². The maximum absolute atomic E-state index is 6.16. The Morgan fingerprint density at radius 1 is 1.41 bits per heavy atom. The van der Waals surface area contributed by atoms with Gasteiger partial charge in [0.2, 0.25) is 5.90 Å². The van der Waals surface area contributed by atoms with Crippen LogP contribution in [0.3, 0.4) is 0 Å². The van der Waals surface area contributed by atoms with E-state index in [9.17, 15) is 0 Å². The Bertz CT molecular complexity index is 731. The van der Waals surface area contributed by atoms with Crippen molar-refractivity contribution in [3.63, 3.8) is 0 Å². The standard InChI is InChI=1S/C14H13Cl4N3O/c1-2-22-13(14(16,17)18)19-11-6-9(15)5-8-7-21(10-3-4-10)20-12(8)11/h5-7,10H,2-4H2,1H3. The van der Waals surface area contributed by atoms with Crippen LogP contribution in [0.2, 0.25) is 5.02 Å². The number of alkyl halides is 3. The summed E-state index contributed by atoms with van der Waals surface area (Å²) < 4.78 is 5.54. The zero-order chi connectivity index (χ0) is 15.9. The normalized spacial score (nSPS) is 16.3. The van der Waals surface area contributed by atoms with Crippen molar-refractivity contribution in [2.24, 2.45) is 4.99 Å². The molecule has 0 atom stereocenters. The molecular formula is C14H13Cl4N3O. The summed E-state index contributed by atoms with van der Waals surface area (Å²) in [5, 5.41) is 6.02. The number of hydrogen-bond acceptors (Lipinski definition) is 3. The van der Waals surface area contributed by atoms with E-state index in [1.54, 1.807) is 13.0 Å². The van der Waals surface area contributed by atoms with Crippen LogP contribution >= 0.6 is 46.4 Å². The van der Waals surface area contributed by atoms with Gasteiger partial charge >= 0.3 is 0 Å². The zero-order valence-corrected chi connectivity index (χ0v) is 14.7. The Morgan fingerprint density at radius 2 is 2.14 bits per heavy atom. The molecule has 0 radical (unpaired) electrons. The molecular weight excluding hydrogens is 368 g/mol. The summed E-state index contributed by atoms with van der Waals surface area (Å²) >= 11 is 23.9. The van der Waals surface area contributed by atoms with Gasteiger partial charge in [-0.15, -0.1) is 0 Å². The van der Waals surface area contributed by atoms with Crippen molar-refractivity contribution in [1.82, 2.24) is 9.78 Å². The average molecular weight is 381 g/mol. The monoisotopic (exact) mass is 379 g/mol. The van der Waals surface area contributed by atoms with Crippen LogP contribution in [0.25, 0.3) is 10.9 Å². The number of halogens is 4. The van der Waals surface area contributed by atoms with Crippen LogP contribution in [-0.2, 0) is 4.74 Å². The van der Waals surface area contributed by atoms with Gasteiger partial charge in [0, 0.05) is 16.6 Å². The van der Waals surface area contributed by atoms with Crippen LogP contribution in [0.1, 0.15) is 25.8 Å². The van der Waals surface area contributed by atoms with E-state index in [1.807, 2.05) is 16.9 Å². The second-order valence-corrected chi connectivity index (χ2v) is 7.77. The van der Waals surface area contributed by atoms with Gasteiger partial charge in [-0.25, -0.2) is 4.99 Å². The first-order valence-corrected chi connectivity index (χ1v) is 8.36. The molecule has 2 aromatic rings. The summed E-state index contributed by atoms with van der Waals surface area (Å²) in [5.41, 5.74) is 1.24. The van der Waals surface area contributed by atoms with Crippen LogP contribution in [-0.4, -0.2) is 26.1 Å². The summed E-state index contributed by atoms with van der Waals surface area (Å²) in [4.78, 5) is 4.34. The van der Waals surface area contributed by atoms with E-state index < -0.39 is 3.79 Å². The predicted octanol–water partition coefficient (Wildman–Crippen LogP) is 5.46. The van der Waals surface area contributed by atoms with Crippen LogP contribution in [0, 0.1) is 0 Å². The molecule has 1 saturated carbocycles. The lowest BCUT2D eigenvalue weighted by Crippen LogP contribution is -2.22. The Kier molecular flexibility index (Phi) is 4.47. The molecule has 1 aliphatic carbocycles. The third-order valence-electron chi connectivity index (χ3n) is 3.24. The van der Waals surface area contributed by atoms with Crippen molar-refractivity contribution in [2.45, 2.75) is 29.6 Å². The Hall–Kier alpha value is -0.680. The van der Waals surface area contributed by atoms with Crippen LogP contribution < -0.4 is 0 Å². The first-order chi connectivity index (χ1) is 10.4. The minimum Gasteiger partial charge on any atom is -0.478 e. The van der Waals surface area contributed by atoms with E-state index in [2.05, 4.69) is 10.1 Å². The molecule has 1 aliphatic rings. The van der Waals surface area contributed by atoms with Gasteiger partial charge in [-0.2, -0.15) is 5.10 Å². The minimum absolute atomic E-state index is 0.00420. The Labute approximate surface area is 147 Å². The van der Waals surface area contributed by atoms with Gasteiger partial charge in [-0.1, -0.05) is 46.4 Å². The molecule has 1 aromatic carbocycles. The van der Waals surface area contributed by atoms with Gasteiger partial charge in [0.05, 0.1) is 18.3 Å². The molecule has 0 N–H and O–H groups in total. The number of benzene rings is 1. The molecule has 1 heterocycles. The molecule has 4 nitrogen and oxygen atoms in total. The molecule has 0 unspecified atom stereocenters. The maximum atomic E-state index is 6.16. The number of aliphatic imine (C=N–C) groups is 1. The molecule has 0 spiro atoms. The van der Waals surface area contributed by atoms with Crippen molar-refractivity contribution < 1.29 is 4.74 Å².